The van der Waals surface area contributed by atoms with E-state index in [0.717, 1.165) is 18.5 Å². The van der Waals surface area contributed by atoms with Crippen molar-refractivity contribution in [1.82, 2.24) is 5.32 Å². The number of nitrogens with one attached hydrogen (secondary N) is 1. The highest BCUT2D eigenvalue weighted by Gasteiger charge is 2.20. The molecule has 2 nitrogen and oxygen atoms in total. The summed E-state index contributed by atoms with van der Waals surface area (Å²) in [6, 6.07) is 0. The molecule has 0 aromatic rings. The van der Waals surface area contributed by atoms with E-state index in [-0.39, 0.29) is 11.8 Å². The first-order valence-electron chi connectivity index (χ1n) is 4.66. The maximum Gasteiger partial charge on any atom is 0.227 e. The van der Waals surface area contributed by atoms with Crippen molar-refractivity contribution in [2.24, 2.45) is 5.92 Å². The van der Waals surface area contributed by atoms with Gasteiger partial charge < -0.3 is 5.32 Å². The van der Waals surface area contributed by atoms with E-state index in [1.807, 2.05) is 6.92 Å². The van der Waals surface area contributed by atoms with Crippen LogP contribution in [0.5, 0.6) is 0 Å². The molecule has 0 atom stereocenters. The van der Waals surface area contributed by atoms with Crippen molar-refractivity contribution in [2.75, 3.05) is 0 Å². The Morgan fingerprint density at radius 2 is 1.92 bits per heavy atom. The molecule has 1 saturated carbocycles. The number of amides is 1. The van der Waals surface area contributed by atoms with Crippen LogP contribution in [0.15, 0.2) is 12.3 Å². The summed E-state index contributed by atoms with van der Waals surface area (Å²) in [7, 11) is 0. The average molecular weight is 167 g/mol. The van der Waals surface area contributed by atoms with Gasteiger partial charge in [0.1, 0.15) is 0 Å². The molecule has 0 unspecified atom stereocenters. The minimum Gasteiger partial charge on any atom is -0.330 e. The van der Waals surface area contributed by atoms with Gasteiger partial charge in [0.25, 0.3) is 0 Å². The van der Waals surface area contributed by atoms with Crippen molar-refractivity contribution < 1.29 is 4.79 Å². The van der Waals surface area contributed by atoms with Crippen LogP contribution in [0.3, 0.4) is 0 Å². The highest BCUT2D eigenvalue weighted by molar-refractivity contribution is 5.80. The second-order valence-corrected chi connectivity index (χ2v) is 3.60. The van der Waals surface area contributed by atoms with Crippen LogP contribution in [0.25, 0.3) is 0 Å². The highest BCUT2D eigenvalue weighted by Crippen LogP contribution is 2.23. The zero-order chi connectivity index (χ0) is 8.97. The zero-order valence-electron chi connectivity index (χ0n) is 7.73. The summed E-state index contributed by atoms with van der Waals surface area (Å²) in [6.45, 7) is 5.48. The summed E-state index contributed by atoms with van der Waals surface area (Å²) < 4.78 is 0. The molecule has 2 heteroatoms. The molecule has 1 N–H and O–H groups in total. The first-order valence-corrected chi connectivity index (χ1v) is 4.66. The molecular formula is C10H17NO. The van der Waals surface area contributed by atoms with Crippen molar-refractivity contribution in [3.05, 3.63) is 12.3 Å². The number of rotatable bonds is 2. The highest BCUT2D eigenvalue weighted by atomic mass is 16.1. The van der Waals surface area contributed by atoms with Crippen LogP contribution >= 0.6 is 0 Å². The number of hydrogen-bond acceptors (Lipinski definition) is 1. The summed E-state index contributed by atoms with van der Waals surface area (Å²) in [5.74, 6) is 0.414. The normalized spacial score (nSPS) is 18.8. The lowest BCUT2D eigenvalue weighted by Gasteiger charge is -2.20. The second kappa shape index (κ2) is 4.29. The van der Waals surface area contributed by atoms with Crippen LogP contribution in [0.4, 0.5) is 0 Å². The van der Waals surface area contributed by atoms with Gasteiger partial charge in [0, 0.05) is 11.6 Å². The van der Waals surface area contributed by atoms with Gasteiger partial charge in [-0.15, -0.1) is 0 Å². The molecule has 0 heterocycles. The number of carbonyl (C=O) groups excluding carboxylic acids is 1. The molecule has 0 saturated heterocycles. The summed E-state index contributed by atoms with van der Waals surface area (Å²) >= 11 is 0. The molecule has 0 aromatic heterocycles. The number of carbonyl (C=O) groups is 1. The largest absolute Gasteiger partial charge is 0.330 e. The third-order valence-electron chi connectivity index (χ3n) is 2.31. The van der Waals surface area contributed by atoms with Gasteiger partial charge in [-0.1, -0.05) is 25.8 Å². The molecule has 12 heavy (non-hydrogen) atoms. The van der Waals surface area contributed by atoms with E-state index in [1.54, 1.807) is 0 Å². The summed E-state index contributed by atoms with van der Waals surface area (Å²) in [6.07, 6.45) is 5.80. The molecule has 1 fully saturated rings. The van der Waals surface area contributed by atoms with Crippen molar-refractivity contribution in [1.29, 1.82) is 0 Å². The molecular weight excluding hydrogens is 150 g/mol. The lowest BCUT2D eigenvalue weighted by molar-refractivity contribution is -0.125. The second-order valence-electron chi connectivity index (χ2n) is 3.60. The van der Waals surface area contributed by atoms with Gasteiger partial charge in [0.15, 0.2) is 0 Å². The first kappa shape index (κ1) is 9.30. The Kier molecular flexibility index (Phi) is 3.32. The van der Waals surface area contributed by atoms with E-state index in [0.29, 0.717) is 0 Å². The van der Waals surface area contributed by atoms with Gasteiger partial charge >= 0.3 is 0 Å². The molecule has 0 bridgehead atoms. The fourth-order valence-corrected chi connectivity index (χ4v) is 1.68. The third-order valence-corrected chi connectivity index (χ3v) is 2.31. The Morgan fingerprint density at radius 1 is 1.33 bits per heavy atom. The van der Waals surface area contributed by atoms with E-state index >= 15 is 0 Å². The number of hydrogen-bond donors (Lipinski definition) is 1. The van der Waals surface area contributed by atoms with Gasteiger partial charge in [-0.2, -0.15) is 0 Å². The molecule has 0 spiro atoms. The molecule has 0 aliphatic heterocycles. The molecule has 0 aromatic carbocycles. The maximum absolute atomic E-state index is 11.4. The van der Waals surface area contributed by atoms with Crippen molar-refractivity contribution >= 4 is 5.91 Å². The van der Waals surface area contributed by atoms with Crippen molar-refractivity contribution in [3.63, 3.8) is 0 Å². The van der Waals surface area contributed by atoms with Gasteiger partial charge in [0.2, 0.25) is 5.91 Å². The zero-order valence-corrected chi connectivity index (χ0v) is 7.73. The van der Waals surface area contributed by atoms with E-state index < -0.39 is 0 Å². The predicted octanol–water partition coefficient (Wildman–Crippen LogP) is 2.22. The minimum absolute atomic E-state index is 0.169. The van der Waals surface area contributed by atoms with E-state index in [9.17, 15) is 4.79 Å². The minimum atomic E-state index is 0.169. The Labute approximate surface area is 74.0 Å². The first-order chi connectivity index (χ1) is 5.70. The summed E-state index contributed by atoms with van der Waals surface area (Å²) in [5, 5.41) is 2.78. The molecule has 1 rings (SSSR count). The van der Waals surface area contributed by atoms with Crippen LogP contribution in [0, 0.1) is 5.92 Å². The Hall–Kier alpha value is -0.790. The van der Waals surface area contributed by atoms with Gasteiger partial charge in [0.05, 0.1) is 0 Å². The standard InChI is InChI=1S/C10H17NO/c1-8(2)11-10(12)9-6-4-3-5-7-9/h9H,1,3-7H2,2H3,(H,11,12). The number of allylic oxidation sites excluding steroid dienone is 1. The molecule has 68 valence electrons. The Bertz CT molecular complexity index is 180. The van der Waals surface area contributed by atoms with Crippen LogP contribution in [-0.2, 0) is 4.79 Å². The molecule has 1 amide bonds. The third kappa shape index (κ3) is 2.68. The topological polar surface area (TPSA) is 29.1 Å². The molecule has 1 aliphatic carbocycles. The Morgan fingerprint density at radius 3 is 2.42 bits per heavy atom. The van der Waals surface area contributed by atoms with Crippen LogP contribution in [0.1, 0.15) is 39.0 Å². The average Bonchev–Trinajstić information content (AvgIpc) is 2.05. The van der Waals surface area contributed by atoms with Crippen molar-refractivity contribution in [2.45, 2.75) is 39.0 Å². The summed E-state index contributed by atoms with van der Waals surface area (Å²) in [4.78, 5) is 11.4. The molecule has 1 aliphatic rings. The fourth-order valence-electron chi connectivity index (χ4n) is 1.68. The summed E-state index contributed by atoms with van der Waals surface area (Å²) in [5.41, 5.74) is 0.755. The quantitative estimate of drug-likeness (QED) is 0.671. The van der Waals surface area contributed by atoms with E-state index in [4.69, 9.17) is 0 Å². The monoisotopic (exact) mass is 167 g/mol. The smallest absolute Gasteiger partial charge is 0.227 e. The fraction of sp³-hybridized carbons (Fsp3) is 0.700. The van der Waals surface area contributed by atoms with E-state index in [1.165, 1.54) is 19.3 Å². The SMILES string of the molecule is C=C(C)NC(=O)C1CCCCC1. The van der Waals surface area contributed by atoms with Crippen molar-refractivity contribution in [3.8, 4) is 0 Å². The lowest BCUT2D eigenvalue weighted by atomic mass is 9.88. The van der Waals surface area contributed by atoms with Gasteiger partial charge in [-0.25, -0.2) is 0 Å². The van der Waals surface area contributed by atoms with Crippen LogP contribution in [0.2, 0.25) is 0 Å². The van der Waals surface area contributed by atoms with Gasteiger partial charge in [-0.05, 0) is 19.8 Å². The van der Waals surface area contributed by atoms with E-state index in [2.05, 4.69) is 11.9 Å². The van der Waals surface area contributed by atoms with Crippen LogP contribution in [-0.4, -0.2) is 5.91 Å². The lowest BCUT2D eigenvalue weighted by Crippen LogP contribution is -2.30. The maximum atomic E-state index is 11.4. The predicted molar refractivity (Wildman–Crippen MR) is 49.5 cm³/mol. The van der Waals surface area contributed by atoms with Crippen LogP contribution < -0.4 is 5.32 Å². The van der Waals surface area contributed by atoms with Gasteiger partial charge in [-0.3, -0.25) is 4.79 Å². The molecule has 0 radical (unpaired) electrons. The Balaban J connectivity index is 2.34.